The second-order valence-electron chi connectivity index (χ2n) is 9.55. The van der Waals surface area contributed by atoms with Gasteiger partial charge in [0.15, 0.2) is 0 Å². The molecule has 2 saturated heterocycles. The smallest absolute Gasteiger partial charge is 0.225 e. The minimum Gasteiger partial charge on any atom is -0.352 e. The number of rotatable bonds is 4. The minimum absolute atomic E-state index is 0.110. The van der Waals surface area contributed by atoms with Crippen LogP contribution in [0.4, 0.5) is 0 Å². The summed E-state index contributed by atoms with van der Waals surface area (Å²) in [5.74, 6) is 1.07. The Hall–Kier alpha value is -1.88. The third-order valence-electron chi connectivity index (χ3n) is 7.44. The molecule has 5 nitrogen and oxygen atoms in total. The number of hydrogen-bond donors (Lipinski definition) is 1. The molecule has 1 atom stereocenters. The molecular weight excluding hydrogens is 362 g/mol. The second kappa shape index (κ2) is 8.10. The van der Waals surface area contributed by atoms with E-state index in [0.717, 1.165) is 77.5 Å². The molecule has 3 fully saturated rings. The first-order valence-electron chi connectivity index (χ1n) is 11.6. The quantitative estimate of drug-likeness (QED) is 0.852. The van der Waals surface area contributed by atoms with Crippen LogP contribution < -0.4 is 5.32 Å². The number of fused-ring (bicyclic) bond motifs is 1. The van der Waals surface area contributed by atoms with Crippen molar-refractivity contribution in [3.8, 4) is 0 Å². The van der Waals surface area contributed by atoms with Gasteiger partial charge in [0, 0.05) is 37.6 Å². The Balaban J connectivity index is 1.11. The number of carbonyl (C=O) groups is 2. The molecule has 0 spiro atoms. The molecule has 2 aliphatic heterocycles. The van der Waals surface area contributed by atoms with Gasteiger partial charge in [-0.2, -0.15) is 0 Å². The van der Waals surface area contributed by atoms with Crippen LogP contribution >= 0.6 is 0 Å². The minimum atomic E-state index is 0.110. The van der Waals surface area contributed by atoms with Gasteiger partial charge < -0.3 is 10.2 Å². The molecule has 29 heavy (non-hydrogen) atoms. The van der Waals surface area contributed by atoms with Gasteiger partial charge in [0.1, 0.15) is 0 Å². The Bertz CT molecular complexity index is 742. The van der Waals surface area contributed by atoms with E-state index in [0.29, 0.717) is 17.9 Å². The molecule has 2 heterocycles. The van der Waals surface area contributed by atoms with Gasteiger partial charge in [0.25, 0.3) is 0 Å². The van der Waals surface area contributed by atoms with Gasteiger partial charge in [-0.15, -0.1) is 0 Å². The average molecular weight is 396 g/mol. The maximum atomic E-state index is 13.0. The van der Waals surface area contributed by atoms with Gasteiger partial charge in [-0.05, 0) is 69.0 Å². The predicted octanol–water partition coefficient (Wildman–Crippen LogP) is 2.38. The van der Waals surface area contributed by atoms with Crippen molar-refractivity contribution in [2.45, 2.75) is 63.5 Å². The highest BCUT2D eigenvalue weighted by Gasteiger charge is 2.37. The van der Waals surface area contributed by atoms with E-state index in [-0.39, 0.29) is 17.9 Å². The van der Waals surface area contributed by atoms with Crippen molar-refractivity contribution >= 4 is 11.8 Å². The SMILES string of the molecule is O=C(NC1Cc2ccccc2C1)[C@H]1CCCN(C2CCN(C(=O)C3CC3)CC2)C1. The van der Waals surface area contributed by atoms with Crippen molar-refractivity contribution in [1.82, 2.24) is 15.1 Å². The van der Waals surface area contributed by atoms with E-state index in [2.05, 4.69) is 39.4 Å². The van der Waals surface area contributed by atoms with Crippen LogP contribution in [0.5, 0.6) is 0 Å². The van der Waals surface area contributed by atoms with Gasteiger partial charge in [0.2, 0.25) is 11.8 Å². The fourth-order valence-electron chi connectivity index (χ4n) is 5.57. The topological polar surface area (TPSA) is 52.7 Å². The number of likely N-dealkylation sites (tertiary alicyclic amines) is 2. The van der Waals surface area contributed by atoms with Crippen molar-refractivity contribution < 1.29 is 9.59 Å². The molecule has 1 aromatic rings. The van der Waals surface area contributed by atoms with Crippen LogP contribution in [0.3, 0.4) is 0 Å². The molecule has 0 unspecified atom stereocenters. The molecular formula is C24H33N3O2. The summed E-state index contributed by atoms with van der Waals surface area (Å²) in [5.41, 5.74) is 2.77. The maximum Gasteiger partial charge on any atom is 0.225 e. The monoisotopic (exact) mass is 395 g/mol. The summed E-state index contributed by atoms with van der Waals surface area (Å²) in [6.07, 6.45) is 8.33. The molecule has 156 valence electrons. The molecule has 0 bridgehead atoms. The lowest BCUT2D eigenvalue weighted by atomic mass is 9.93. The summed E-state index contributed by atoms with van der Waals surface area (Å²) in [5, 5.41) is 3.34. The van der Waals surface area contributed by atoms with Gasteiger partial charge in [-0.3, -0.25) is 14.5 Å². The second-order valence-corrected chi connectivity index (χ2v) is 9.55. The van der Waals surface area contributed by atoms with Gasteiger partial charge in [-0.1, -0.05) is 24.3 Å². The first-order valence-corrected chi connectivity index (χ1v) is 11.6. The standard InChI is InChI=1S/C24H33N3O2/c28-23(25-21-14-18-4-1-2-5-19(18)15-21)20-6-3-11-27(16-20)22-9-12-26(13-10-22)24(29)17-7-8-17/h1-2,4-5,17,20-22H,3,6-16H2,(H,25,28)/t20-/m0/s1. The highest BCUT2D eigenvalue weighted by molar-refractivity contribution is 5.81. The van der Waals surface area contributed by atoms with Gasteiger partial charge in [-0.25, -0.2) is 0 Å². The van der Waals surface area contributed by atoms with E-state index >= 15 is 0 Å². The lowest BCUT2D eigenvalue weighted by Gasteiger charge is -2.42. The summed E-state index contributed by atoms with van der Waals surface area (Å²) in [7, 11) is 0. The number of carbonyl (C=O) groups excluding carboxylic acids is 2. The Morgan fingerprint density at radius 2 is 1.55 bits per heavy atom. The third kappa shape index (κ3) is 4.20. The Morgan fingerprint density at radius 3 is 2.21 bits per heavy atom. The Morgan fingerprint density at radius 1 is 0.862 bits per heavy atom. The van der Waals surface area contributed by atoms with Crippen molar-refractivity contribution in [2.75, 3.05) is 26.2 Å². The van der Waals surface area contributed by atoms with E-state index in [4.69, 9.17) is 0 Å². The molecule has 0 aromatic heterocycles. The zero-order valence-corrected chi connectivity index (χ0v) is 17.3. The lowest BCUT2D eigenvalue weighted by Crippen LogP contribution is -2.52. The van der Waals surface area contributed by atoms with Crippen molar-refractivity contribution in [3.63, 3.8) is 0 Å². The van der Waals surface area contributed by atoms with E-state index in [9.17, 15) is 9.59 Å². The highest BCUT2D eigenvalue weighted by atomic mass is 16.2. The van der Waals surface area contributed by atoms with Crippen molar-refractivity contribution in [1.29, 1.82) is 0 Å². The van der Waals surface area contributed by atoms with Gasteiger partial charge >= 0.3 is 0 Å². The zero-order valence-electron chi connectivity index (χ0n) is 17.3. The third-order valence-corrected chi connectivity index (χ3v) is 7.44. The van der Waals surface area contributed by atoms with Crippen LogP contribution in [-0.4, -0.2) is 59.9 Å². The number of benzene rings is 1. The first-order chi connectivity index (χ1) is 14.2. The lowest BCUT2D eigenvalue weighted by molar-refractivity contribution is -0.134. The first kappa shape index (κ1) is 19.1. The summed E-state index contributed by atoms with van der Waals surface area (Å²) in [4.78, 5) is 29.9. The summed E-state index contributed by atoms with van der Waals surface area (Å²) in [6, 6.07) is 9.34. The van der Waals surface area contributed by atoms with Crippen molar-refractivity contribution in [3.05, 3.63) is 35.4 Å². The molecule has 2 aliphatic carbocycles. The highest BCUT2D eigenvalue weighted by Crippen LogP contribution is 2.33. The number of amides is 2. The van der Waals surface area contributed by atoms with Crippen LogP contribution in [0.15, 0.2) is 24.3 Å². The van der Waals surface area contributed by atoms with Crippen LogP contribution in [0.25, 0.3) is 0 Å². The summed E-state index contributed by atoms with van der Waals surface area (Å²) in [6.45, 7) is 3.77. The fourth-order valence-corrected chi connectivity index (χ4v) is 5.57. The molecule has 4 aliphatic rings. The normalized spacial score (nSPS) is 26.3. The predicted molar refractivity (Wildman–Crippen MR) is 112 cm³/mol. The number of nitrogens with zero attached hydrogens (tertiary/aromatic N) is 2. The molecule has 1 aromatic carbocycles. The number of piperidine rings is 2. The Kier molecular flexibility index (Phi) is 5.33. The number of hydrogen-bond acceptors (Lipinski definition) is 3. The maximum absolute atomic E-state index is 13.0. The zero-order chi connectivity index (χ0) is 19.8. The van der Waals surface area contributed by atoms with E-state index in [1.54, 1.807) is 0 Å². The molecule has 1 saturated carbocycles. The van der Waals surface area contributed by atoms with E-state index in [1.165, 1.54) is 11.1 Å². The van der Waals surface area contributed by atoms with Gasteiger partial charge in [0.05, 0.1) is 5.92 Å². The fraction of sp³-hybridized carbons (Fsp3) is 0.667. The summed E-state index contributed by atoms with van der Waals surface area (Å²) >= 11 is 0. The van der Waals surface area contributed by atoms with E-state index in [1.807, 2.05) is 0 Å². The molecule has 5 rings (SSSR count). The van der Waals surface area contributed by atoms with Crippen LogP contribution in [0.1, 0.15) is 49.7 Å². The molecule has 0 radical (unpaired) electrons. The van der Waals surface area contributed by atoms with Crippen LogP contribution in [0.2, 0.25) is 0 Å². The van der Waals surface area contributed by atoms with E-state index < -0.39 is 0 Å². The average Bonchev–Trinajstić information content (AvgIpc) is 3.53. The Labute approximate surface area is 173 Å². The number of nitrogens with one attached hydrogen (secondary N) is 1. The van der Waals surface area contributed by atoms with Crippen molar-refractivity contribution in [2.24, 2.45) is 11.8 Å². The molecule has 5 heteroatoms. The molecule has 1 N–H and O–H groups in total. The molecule has 2 amide bonds. The van der Waals surface area contributed by atoms with Crippen LogP contribution in [0, 0.1) is 11.8 Å². The van der Waals surface area contributed by atoms with Crippen LogP contribution in [-0.2, 0) is 22.4 Å². The summed E-state index contributed by atoms with van der Waals surface area (Å²) < 4.78 is 0. The largest absolute Gasteiger partial charge is 0.352 e.